The van der Waals surface area contributed by atoms with Crippen LogP contribution < -0.4 is 9.47 Å². The number of hydrogen-bond donors (Lipinski definition) is 0. The Kier molecular flexibility index (Phi) is 5.12. The van der Waals surface area contributed by atoms with Gasteiger partial charge in [0.1, 0.15) is 0 Å². The number of ether oxygens (including phenoxy) is 2. The van der Waals surface area contributed by atoms with Crippen molar-refractivity contribution in [2.45, 2.75) is 58.3 Å². The van der Waals surface area contributed by atoms with Gasteiger partial charge in [-0.25, -0.2) is 0 Å². The van der Waals surface area contributed by atoms with E-state index in [4.69, 9.17) is 9.47 Å². The van der Waals surface area contributed by atoms with Crippen LogP contribution in [0.1, 0.15) is 69.7 Å². The maximum absolute atomic E-state index is 5.43. The highest BCUT2D eigenvalue weighted by Gasteiger charge is 2.36. The Hall–Kier alpha value is -2.22. The molecule has 0 N–H and O–H groups in total. The quantitative estimate of drug-likeness (QED) is 0.568. The summed E-state index contributed by atoms with van der Waals surface area (Å²) in [6, 6.07) is 13.1. The highest BCUT2D eigenvalue weighted by atomic mass is 16.5. The third-order valence-electron chi connectivity index (χ3n) is 6.10. The standard InChI is InChI=1S/C25H32O2/c1-17(14-18-8-11-22(26-6)23(15-18)27-7)19-9-10-20-21(16-19)25(4,5)13-12-24(20,2)3/h8-11,14-16H,12-13H2,1-7H3. The zero-order valence-electron chi connectivity index (χ0n) is 17.8. The van der Waals surface area contributed by atoms with Gasteiger partial charge < -0.3 is 9.47 Å². The lowest BCUT2D eigenvalue weighted by molar-refractivity contribution is 0.332. The highest BCUT2D eigenvalue weighted by Crippen LogP contribution is 2.46. The largest absolute Gasteiger partial charge is 0.493 e. The van der Waals surface area contributed by atoms with Crippen molar-refractivity contribution in [3.05, 3.63) is 58.7 Å². The second-order valence-corrected chi connectivity index (χ2v) is 8.97. The van der Waals surface area contributed by atoms with E-state index in [1.807, 2.05) is 12.1 Å². The van der Waals surface area contributed by atoms with E-state index in [2.05, 4.69) is 65.0 Å². The molecule has 0 heterocycles. The van der Waals surface area contributed by atoms with E-state index in [1.165, 1.54) is 35.1 Å². The fraction of sp³-hybridized carbons (Fsp3) is 0.440. The predicted octanol–water partition coefficient (Wildman–Crippen LogP) is 6.61. The van der Waals surface area contributed by atoms with Gasteiger partial charge in [-0.15, -0.1) is 0 Å². The molecule has 0 unspecified atom stereocenters. The van der Waals surface area contributed by atoms with Crippen molar-refractivity contribution in [3.8, 4) is 11.5 Å². The summed E-state index contributed by atoms with van der Waals surface area (Å²) in [5.74, 6) is 1.51. The molecular weight excluding hydrogens is 332 g/mol. The van der Waals surface area contributed by atoms with Crippen molar-refractivity contribution < 1.29 is 9.47 Å². The van der Waals surface area contributed by atoms with Gasteiger partial charge in [-0.1, -0.05) is 58.0 Å². The van der Waals surface area contributed by atoms with E-state index in [-0.39, 0.29) is 10.8 Å². The molecule has 0 atom stereocenters. The molecule has 2 nitrogen and oxygen atoms in total. The van der Waals surface area contributed by atoms with Gasteiger partial charge in [0.2, 0.25) is 0 Å². The predicted molar refractivity (Wildman–Crippen MR) is 115 cm³/mol. The van der Waals surface area contributed by atoms with Gasteiger partial charge in [-0.2, -0.15) is 0 Å². The molecule has 0 saturated carbocycles. The second-order valence-electron chi connectivity index (χ2n) is 8.97. The molecule has 27 heavy (non-hydrogen) atoms. The minimum atomic E-state index is 0.227. The van der Waals surface area contributed by atoms with Crippen molar-refractivity contribution in [1.82, 2.24) is 0 Å². The molecule has 1 aliphatic carbocycles. The van der Waals surface area contributed by atoms with Gasteiger partial charge in [0.25, 0.3) is 0 Å². The van der Waals surface area contributed by atoms with E-state index in [0.717, 1.165) is 17.1 Å². The van der Waals surface area contributed by atoms with E-state index >= 15 is 0 Å². The lowest BCUT2D eigenvalue weighted by Crippen LogP contribution is -2.33. The molecule has 144 valence electrons. The number of benzene rings is 2. The first-order valence-electron chi connectivity index (χ1n) is 9.74. The zero-order valence-corrected chi connectivity index (χ0v) is 17.8. The van der Waals surface area contributed by atoms with E-state index < -0.39 is 0 Å². The van der Waals surface area contributed by atoms with Crippen molar-refractivity contribution in [2.75, 3.05) is 14.2 Å². The number of hydrogen-bond acceptors (Lipinski definition) is 2. The number of allylic oxidation sites excluding steroid dienone is 1. The van der Waals surface area contributed by atoms with E-state index in [9.17, 15) is 0 Å². The van der Waals surface area contributed by atoms with Crippen LogP contribution in [0.5, 0.6) is 11.5 Å². The fourth-order valence-electron chi connectivity index (χ4n) is 4.11. The van der Waals surface area contributed by atoms with E-state index in [0.29, 0.717) is 0 Å². The fourth-order valence-corrected chi connectivity index (χ4v) is 4.11. The van der Waals surface area contributed by atoms with Crippen LogP contribution in [0.4, 0.5) is 0 Å². The molecule has 0 aromatic heterocycles. The van der Waals surface area contributed by atoms with Crippen LogP contribution in [0.15, 0.2) is 36.4 Å². The molecule has 0 amide bonds. The van der Waals surface area contributed by atoms with Gasteiger partial charge >= 0.3 is 0 Å². The normalized spacial score (nSPS) is 18.0. The summed E-state index contributed by atoms with van der Waals surface area (Å²) in [6.45, 7) is 11.7. The van der Waals surface area contributed by atoms with Crippen molar-refractivity contribution >= 4 is 11.6 Å². The van der Waals surface area contributed by atoms with Crippen molar-refractivity contribution in [1.29, 1.82) is 0 Å². The lowest BCUT2D eigenvalue weighted by atomic mass is 9.63. The van der Waals surface area contributed by atoms with E-state index in [1.54, 1.807) is 14.2 Å². The molecule has 0 fully saturated rings. The van der Waals surface area contributed by atoms with Crippen LogP contribution in [0, 0.1) is 0 Å². The third kappa shape index (κ3) is 3.76. The molecule has 2 aromatic rings. The number of fused-ring (bicyclic) bond motifs is 1. The first kappa shape index (κ1) is 19.5. The van der Waals surface area contributed by atoms with Gasteiger partial charge in [-0.05, 0) is 70.6 Å². The Morgan fingerprint density at radius 2 is 1.44 bits per heavy atom. The Morgan fingerprint density at radius 1 is 0.815 bits per heavy atom. The minimum Gasteiger partial charge on any atom is -0.493 e. The molecule has 2 aromatic carbocycles. The molecule has 0 aliphatic heterocycles. The summed E-state index contributed by atoms with van der Waals surface area (Å²) in [7, 11) is 3.33. The Bertz CT molecular complexity index is 872. The van der Waals surface area contributed by atoms with Crippen molar-refractivity contribution in [3.63, 3.8) is 0 Å². The number of rotatable bonds is 4. The first-order chi connectivity index (χ1) is 12.7. The van der Waals surface area contributed by atoms with Crippen molar-refractivity contribution in [2.24, 2.45) is 0 Å². The Labute approximate surface area is 164 Å². The average molecular weight is 365 g/mol. The highest BCUT2D eigenvalue weighted by molar-refractivity contribution is 5.81. The summed E-state index contributed by atoms with van der Waals surface area (Å²) >= 11 is 0. The second kappa shape index (κ2) is 7.07. The average Bonchev–Trinajstić information content (AvgIpc) is 2.65. The minimum absolute atomic E-state index is 0.227. The smallest absolute Gasteiger partial charge is 0.161 e. The van der Waals surface area contributed by atoms with Gasteiger partial charge in [0.05, 0.1) is 14.2 Å². The Balaban J connectivity index is 2.01. The monoisotopic (exact) mass is 364 g/mol. The lowest BCUT2D eigenvalue weighted by Gasteiger charge is -2.42. The molecule has 0 radical (unpaired) electrons. The maximum Gasteiger partial charge on any atom is 0.161 e. The summed E-state index contributed by atoms with van der Waals surface area (Å²) < 4.78 is 10.8. The van der Waals surface area contributed by atoms with Crippen LogP contribution in [0.25, 0.3) is 11.6 Å². The van der Waals surface area contributed by atoms with Crippen LogP contribution in [-0.2, 0) is 10.8 Å². The first-order valence-corrected chi connectivity index (χ1v) is 9.74. The Morgan fingerprint density at radius 3 is 2.07 bits per heavy atom. The molecule has 3 rings (SSSR count). The summed E-state index contributed by atoms with van der Waals surface area (Å²) in [5.41, 5.74) is 7.13. The number of methoxy groups -OCH3 is 2. The SMILES string of the molecule is COc1ccc(C=C(C)c2ccc3c(c2)C(C)(C)CCC3(C)C)cc1OC. The van der Waals surface area contributed by atoms with Gasteiger partial charge in [-0.3, -0.25) is 0 Å². The van der Waals surface area contributed by atoms with Gasteiger partial charge in [0, 0.05) is 0 Å². The molecule has 0 bridgehead atoms. The van der Waals surface area contributed by atoms with Crippen LogP contribution in [0.3, 0.4) is 0 Å². The van der Waals surface area contributed by atoms with Crippen LogP contribution in [0.2, 0.25) is 0 Å². The van der Waals surface area contributed by atoms with Gasteiger partial charge in [0.15, 0.2) is 11.5 Å². The van der Waals surface area contributed by atoms with Crippen LogP contribution >= 0.6 is 0 Å². The maximum atomic E-state index is 5.43. The molecular formula is C25H32O2. The molecule has 1 aliphatic rings. The van der Waals surface area contributed by atoms with Crippen LogP contribution in [-0.4, -0.2) is 14.2 Å². The third-order valence-corrected chi connectivity index (χ3v) is 6.10. The molecule has 0 saturated heterocycles. The molecule has 2 heteroatoms. The zero-order chi connectivity index (χ0) is 19.8. The summed E-state index contributed by atoms with van der Waals surface area (Å²) in [4.78, 5) is 0. The topological polar surface area (TPSA) is 18.5 Å². The molecule has 0 spiro atoms. The summed E-state index contributed by atoms with van der Waals surface area (Å²) in [5, 5.41) is 0. The summed E-state index contributed by atoms with van der Waals surface area (Å²) in [6.07, 6.45) is 4.69.